The molecule has 6 nitrogen and oxygen atoms in total. The summed E-state index contributed by atoms with van der Waals surface area (Å²) in [6.45, 7) is 8.69. The molecule has 1 aromatic rings. The Labute approximate surface area is 147 Å². The Morgan fingerprint density at radius 2 is 2.17 bits per heavy atom. The summed E-state index contributed by atoms with van der Waals surface area (Å²) in [7, 11) is 4.20. The predicted molar refractivity (Wildman–Crippen MR) is 95.2 cm³/mol. The van der Waals surface area contributed by atoms with Gasteiger partial charge in [-0.1, -0.05) is 25.2 Å². The highest BCUT2D eigenvalue weighted by Crippen LogP contribution is 2.63. The number of amides is 2. The van der Waals surface area contributed by atoms with Crippen molar-refractivity contribution in [3.63, 3.8) is 0 Å². The zero-order valence-corrected chi connectivity index (χ0v) is 15.9. The smallest absolute Gasteiger partial charge is 0.265 e. The van der Waals surface area contributed by atoms with Gasteiger partial charge in [-0.15, -0.1) is 0 Å². The number of nitrogens with zero attached hydrogens (tertiary/aromatic N) is 3. The number of hydrogen-bond acceptors (Lipinski definition) is 5. The van der Waals surface area contributed by atoms with Crippen LogP contribution in [0.3, 0.4) is 0 Å². The Balaban J connectivity index is 1.75. The van der Waals surface area contributed by atoms with Gasteiger partial charge < -0.3 is 15.1 Å². The van der Waals surface area contributed by atoms with E-state index < -0.39 is 0 Å². The molecule has 0 aromatic carbocycles. The number of hydrogen-bond donors (Lipinski definition) is 1. The summed E-state index contributed by atoms with van der Waals surface area (Å²) in [6.07, 6.45) is 2.73. The number of fused-ring (bicyclic) bond motifs is 1. The zero-order chi connectivity index (χ0) is 17.7. The van der Waals surface area contributed by atoms with Gasteiger partial charge in [0.1, 0.15) is 4.88 Å². The monoisotopic (exact) mass is 350 g/mol. The fraction of sp³-hybridized carbons (Fsp3) is 0.706. The Hall–Kier alpha value is -1.47. The van der Waals surface area contributed by atoms with E-state index in [0.29, 0.717) is 21.3 Å². The highest BCUT2D eigenvalue weighted by molar-refractivity contribution is 7.17. The van der Waals surface area contributed by atoms with Crippen molar-refractivity contribution in [3.8, 4) is 0 Å². The normalized spacial score (nSPS) is 27.8. The van der Waals surface area contributed by atoms with Gasteiger partial charge in [0.2, 0.25) is 5.91 Å². The Morgan fingerprint density at radius 1 is 1.46 bits per heavy atom. The minimum atomic E-state index is -0.172. The lowest BCUT2D eigenvalue weighted by Crippen LogP contribution is -2.57. The molecule has 2 fully saturated rings. The van der Waals surface area contributed by atoms with Crippen LogP contribution in [0, 0.1) is 16.7 Å². The van der Waals surface area contributed by atoms with Crippen molar-refractivity contribution in [1.29, 1.82) is 0 Å². The van der Waals surface area contributed by atoms with Crippen molar-refractivity contribution in [2.24, 2.45) is 16.7 Å². The minimum absolute atomic E-state index is 0.0347. The molecule has 7 heteroatoms. The van der Waals surface area contributed by atoms with E-state index in [2.05, 4.69) is 43.1 Å². The van der Waals surface area contributed by atoms with Gasteiger partial charge in [0, 0.05) is 32.0 Å². The van der Waals surface area contributed by atoms with Gasteiger partial charge in [-0.25, -0.2) is 4.98 Å². The molecule has 2 heterocycles. The molecular formula is C17H26N4O2S. The molecule has 0 bridgehead atoms. The molecule has 1 aliphatic heterocycles. The van der Waals surface area contributed by atoms with Crippen LogP contribution in [-0.4, -0.2) is 60.3 Å². The van der Waals surface area contributed by atoms with E-state index in [1.807, 2.05) is 4.90 Å². The largest absolute Gasteiger partial charge is 0.337 e. The summed E-state index contributed by atoms with van der Waals surface area (Å²) < 4.78 is 0. The molecule has 2 amide bonds. The predicted octanol–water partition coefficient (Wildman–Crippen LogP) is 2.15. The van der Waals surface area contributed by atoms with Gasteiger partial charge in [0.15, 0.2) is 5.13 Å². The van der Waals surface area contributed by atoms with Crippen LogP contribution in [0.25, 0.3) is 0 Å². The van der Waals surface area contributed by atoms with E-state index >= 15 is 0 Å². The van der Waals surface area contributed by atoms with E-state index in [1.54, 1.807) is 6.20 Å². The topological polar surface area (TPSA) is 65.5 Å². The van der Waals surface area contributed by atoms with E-state index in [-0.39, 0.29) is 17.2 Å². The lowest BCUT2D eigenvalue weighted by Gasteiger charge is -2.57. The third kappa shape index (κ3) is 2.95. The number of nitrogens with one attached hydrogen (secondary N) is 1. The van der Waals surface area contributed by atoms with E-state index in [4.69, 9.17) is 0 Å². The average Bonchev–Trinajstić information content (AvgIpc) is 2.99. The molecular weight excluding hydrogens is 324 g/mol. The average molecular weight is 350 g/mol. The fourth-order valence-corrected chi connectivity index (χ4v) is 5.69. The van der Waals surface area contributed by atoms with Gasteiger partial charge in [-0.2, -0.15) is 0 Å². The van der Waals surface area contributed by atoms with Crippen LogP contribution in [-0.2, 0) is 4.79 Å². The summed E-state index contributed by atoms with van der Waals surface area (Å²) in [6, 6.07) is 0. The number of likely N-dealkylation sites (tertiary alicyclic amines) is 1. The molecule has 24 heavy (non-hydrogen) atoms. The van der Waals surface area contributed by atoms with Crippen molar-refractivity contribution >= 4 is 28.3 Å². The van der Waals surface area contributed by atoms with Gasteiger partial charge in [-0.05, 0) is 31.8 Å². The second-order valence-corrected chi connectivity index (χ2v) is 9.25. The minimum Gasteiger partial charge on any atom is -0.337 e. The summed E-state index contributed by atoms with van der Waals surface area (Å²) in [4.78, 5) is 32.9. The van der Waals surface area contributed by atoms with Crippen LogP contribution < -0.4 is 5.32 Å². The van der Waals surface area contributed by atoms with Crippen LogP contribution in [0.15, 0.2) is 6.20 Å². The van der Waals surface area contributed by atoms with Crippen LogP contribution >= 0.6 is 11.3 Å². The molecule has 132 valence electrons. The third-order valence-corrected chi connectivity index (χ3v) is 6.22. The maximum atomic E-state index is 12.9. The molecule has 2 atom stereocenters. The number of thiazole rings is 1. The number of rotatable bonds is 4. The molecule has 1 aliphatic carbocycles. The highest BCUT2D eigenvalue weighted by atomic mass is 32.1. The van der Waals surface area contributed by atoms with Crippen LogP contribution in [0.2, 0.25) is 0 Å². The second-order valence-electron chi connectivity index (χ2n) is 8.21. The Bertz CT molecular complexity index is 665. The lowest BCUT2D eigenvalue weighted by molar-refractivity contribution is -0.114. The quantitative estimate of drug-likeness (QED) is 0.904. The third-order valence-electron chi connectivity index (χ3n) is 5.32. The first-order valence-corrected chi connectivity index (χ1v) is 9.12. The Morgan fingerprint density at radius 3 is 2.75 bits per heavy atom. The van der Waals surface area contributed by atoms with Gasteiger partial charge in [-0.3, -0.25) is 9.59 Å². The molecule has 1 saturated carbocycles. The summed E-state index contributed by atoms with van der Waals surface area (Å²) in [5.41, 5.74) is 0.508. The van der Waals surface area contributed by atoms with Crippen molar-refractivity contribution in [2.75, 3.05) is 39.0 Å². The first-order chi connectivity index (χ1) is 11.1. The number of carbonyl (C=O) groups excluding carboxylic acids is 2. The van der Waals surface area contributed by atoms with Gasteiger partial charge in [0.25, 0.3) is 5.91 Å². The van der Waals surface area contributed by atoms with Crippen LogP contribution in [0.1, 0.15) is 36.9 Å². The number of carbonyl (C=O) groups is 2. The molecule has 1 aromatic heterocycles. The molecule has 1 N–H and O–H groups in total. The Kier molecular flexibility index (Phi) is 4.20. The summed E-state index contributed by atoms with van der Waals surface area (Å²) >= 11 is 1.25. The summed E-state index contributed by atoms with van der Waals surface area (Å²) in [5, 5.41) is 3.12. The molecule has 0 radical (unpaired) electrons. The summed E-state index contributed by atoms with van der Waals surface area (Å²) in [5.74, 6) is 0.403. The lowest BCUT2D eigenvalue weighted by atomic mass is 9.48. The first kappa shape index (κ1) is 17.4. The number of aromatic nitrogens is 1. The van der Waals surface area contributed by atoms with Gasteiger partial charge in [0.05, 0.1) is 6.20 Å². The van der Waals surface area contributed by atoms with Crippen LogP contribution in [0.5, 0.6) is 0 Å². The van der Waals surface area contributed by atoms with E-state index in [9.17, 15) is 9.59 Å². The van der Waals surface area contributed by atoms with E-state index in [0.717, 1.165) is 26.1 Å². The van der Waals surface area contributed by atoms with Gasteiger partial charge >= 0.3 is 0 Å². The van der Waals surface area contributed by atoms with Crippen molar-refractivity contribution in [2.45, 2.75) is 27.2 Å². The maximum Gasteiger partial charge on any atom is 0.265 e. The number of anilines is 1. The molecule has 2 aliphatic rings. The maximum absolute atomic E-state index is 12.9. The molecule has 1 saturated heterocycles. The molecule has 0 unspecified atom stereocenters. The SMILES string of the molecule is CC(=O)Nc1ncc(C(=O)N2C[C@@H]3C(C)(C)C[C@]3(CN(C)C)C2)s1. The van der Waals surface area contributed by atoms with E-state index in [1.165, 1.54) is 18.3 Å². The van der Waals surface area contributed by atoms with Crippen LogP contribution in [0.4, 0.5) is 5.13 Å². The molecule has 3 rings (SSSR count). The second kappa shape index (κ2) is 5.81. The highest BCUT2D eigenvalue weighted by Gasteiger charge is 2.63. The standard InChI is InChI=1S/C17H26N4O2S/c1-11(22)19-15-18-6-12(24-15)14(23)21-7-13-16(2,3)8-17(13,10-21)9-20(4)5/h6,13H,7-10H2,1-5H3,(H,18,19,22)/t13-,17+/m1/s1. The first-order valence-electron chi connectivity index (χ1n) is 8.30. The molecule has 0 spiro atoms. The van der Waals surface area contributed by atoms with Crippen molar-refractivity contribution < 1.29 is 9.59 Å². The zero-order valence-electron chi connectivity index (χ0n) is 15.0. The van der Waals surface area contributed by atoms with Crippen molar-refractivity contribution in [3.05, 3.63) is 11.1 Å². The van der Waals surface area contributed by atoms with Crippen molar-refractivity contribution in [1.82, 2.24) is 14.8 Å². The fourth-order valence-electron chi connectivity index (χ4n) is 4.86.